The summed E-state index contributed by atoms with van der Waals surface area (Å²) < 4.78 is 48.3. The van der Waals surface area contributed by atoms with E-state index in [4.69, 9.17) is 14.2 Å². The number of aromatic nitrogens is 3. The molecule has 0 bridgehead atoms. The highest BCUT2D eigenvalue weighted by molar-refractivity contribution is 6.76. The van der Waals surface area contributed by atoms with E-state index in [9.17, 15) is 10.1 Å². The molecule has 40 heavy (non-hydrogen) atoms. The van der Waals surface area contributed by atoms with Crippen LogP contribution in [0.2, 0.25) is 25.7 Å². The first-order valence-electron chi connectivity index (χ1n) is 13.0. The number of nitriles is 1. The van der Waals surface area contributed by atoms with Gasteiger partial charge in [-0.25, -0.2) is 13.5 Å². The van der Waals surface area contributed by atoms with Crippen molar-refractivity contribution in [1.29, 1.82) is 5.26 Å². The van der Waals surface area contributed by atoms with Crippen LogP contribution in [0, 0.1) is 23.0 Å². The van der Waals surface area contributed by atoms with Gasteiger partial charge in [0, 0.05) is 26.9 Å². The van der Waals surface area contributed by atoms with Crippen LogP contribution in [0.3, 0.4) is 0 Å². The normalized spacial score (nSPS) is 15.7. The van der Waals surface area contributed by atoms with Gasteiger partial charge in [0.2, 0.25) is 5.91 Å². The van der Waals surface area contributed by atoms with Gasteiger partial charge in [0.15, 0.2) is 23.1 Å². The number of ether oxygens (including phenoxy) is 3. The standard InChI is InChI=1S/C28H31F2N5O4Si/c1-37-21-11-22(38-2)24(30)26(23(21)29)34-15-18-13-32-20(10-19(18)28(6-7-28)27(34)36)25-17(12-31)14-33-35(25)16-39-8-9-40(3,4)5/h10-11,13-14H,6-9,15-16H2,1-5H3. The number of nitrogens with zero attached hydrogens (tertiary/aromatic N) is 5. The summed E-state index contributed by atoms with van der Waals surface area (Å²) in [5.41, 5.74) is 1.27. The third-order valence-electron chi connectivity index (χ3n) is 7.47. The van der Waals surface area contributed by atoms with Crippen molar-refractivity contribution in [2.75, 3.05) is 25.7 Å². The summed E-state index contributed by atoms with van der Waals surface area (Å²) in [5.74, 6) is -2.82. The third-order valence-corrected chi connectivity index (χ3v) is 9.17. The lowest BCUT2D eigenvalue weighted by atomic mass is 9.86. The number of halogens is 2. The SMILES string of the molecule is COc1cc(OC)c(F)c(N2Cc3cnc(-c4c(C#N)cnn4COCC[Si](C)(C)C)cc3C3(CC3)C2=O)c1F. The zero-order chi connectivity index (χ0) is 28.8. The molecule has 1 amide bonds. The molecule has 0 atom stereocenters. The molecule has 0 N–H and O–H groups in total. The van der Waals surface area contributed by atoms with E-state index < -0.39 is 36.7 Å². The lowest BCUT2D eigenvalue weighted by Crippen LogP contribution is -2.45. The summed E-state index contributed by atoms with van der Waals surface area (Å²) in [6.07, 6.45) is 4.11. The largest absolute Gasteiger partial charge is 0.493 e. The number of anilines is 1. The first-order valence-corrected chi connectivity index (χ1v) is 16.7. The van der Waals surface area contributed by atoms with Gasteiger partial charge < -0.3 is 19.1 Å². The number of fused-ring (bicyclic) bond motifs is 2. The van der Waals surface area contributed by atoms with Crippen molar-refractivity contribution in [1.82, 2.24) is 14.8 Å². The molecular weight excluding hydrogens is 536 g/mol. The molecule has 3 heterocycles. The van der Waals surface area contributed by atoms with Crippen molar-refractivity contribution in [3.05, 3.63) is 52.9 Å². The molecule has 1 spiro atoms. The average molecular weight is 568 g/mol. The number of amides is 1. The number of pyridine rings is 1. The van der Waals surface area contributed by atoms with Gasteiger partial charge in [-0.2, -0.15) is 10.4 Å². The first-order chi connectivity index (χ1) is 19.0. The van der Waals surface area contributed by atoms with Crippen LogP contribution in [0.4, 0.5) is 14.5 Å². The number of carbonyl (C=O) groups excluding carboxylic acids is 1. The maximum Gasteiger partial charge on any atom is 0.238 e. The highest BCUT2D eigenvalue weighted by atomic mass is 28.3. The molecule has 1 aliphatic carbocycles. The molecular formula is C28H31F2N5O4Si. The van der Waals surface area contributed by atoms with Gasteiger partial charge in [0.05, 0.1) is 43.6 Å². The van der Waals surface area contributed by atoms with Crippen LogP contribution >= 0.6 is 0 Å². The molecule has 1 aliphatic heterocycles. The maximum absolute atomic E-state index is 15.3. The minimum absolute atomic E-state index is 0.0858. The number of hydrogen-bond donors (Lipinski definition) is 0. The van der Waals surface area contributed by atoms with E-state index in [1.807, 2.05) is 0 Å². The van der Waals surface area contributed by atoms with Crippen LogP contribution in [0.5, 0.6) is 11.5 Å². The molecule has 2 aliphatic rings. The second kappa shape index (κ2) is 10.3. The predicted molar refractivity (Wildman–Crippen MR) is 146 cm³/mol. The Hall–Kier alpha value is -3.82. The second-order valence-corrected chi connectivity index (χ2v) is 16.9. The molecule has 210 valence electrons. The van der Waals surface area contributed by atoms with Crippen molar-refractivity contribution in [2.24, 2.45) is 0 Å². The lowest BCUT2D eigenvalue weighted by molar-refractivity contribution is -0.121. The topological polar surface area (TPSA) is 103 Å². The number of hydrogen-bond acceptors (Lipinski definition) is 7. The van der Waals surface area contributed by atoms with E-state index >= 15 is 8.78 Å². The van der Waals surface area contributed by atoms with Gasteiger partial charge in [-0.1, -0.05) is 19.6 Å². The van der Waals surface area contributed by atoms with Gasteiger partial charge in [0.25, 0.3) is 0 Å². The second-order valence-electron chi connectivity index (χ2n) is 11.3. The molecule has 12 heteroatoms. The monoisotopic (exact) mass is 567 g/mol. The molecule has 2 aromatic heterocycles. The molecule has 9 nitrogen and oxygen atoms in total. The van der Waals surface area contributed by atoms with Crippen molar-refractivity contribution >= 4 is 19.7 Å². The summed E-state index contributed by atoms with van der Waals surface area (Å²) in [4.78, 5) is 19.5. The van der Waals surface area contributed by atoms with Crippen molar-refractivity contribution in [3.63, 3.8) is 0 Å². The van der Waals surface area contributed by atoms with Crippen LogP contribution in [-0.4, -0.2) is 49.6 Å². The fraction of sp³-hybridized carbons (Fsp3) is 0.429. The van der Waals surface area contributed by atoms with E-state index in [0.717, 1.165) is 22.6 Å². The van der Waals surface area contributed by atoms with Crippen LogP contribution in [0.15, 0.2) is 24.5 Å². The van der Waals surface area contributed by atoms with E-state index in [1.165, 1.54) is 20.4 Å². The van der Waals surface area contributed by atoms with Crippen LogP contribution in [-0.2, 0) is 28.2 Å². The summed E-state index contributed by atoms with van der Waals surface area (Å²) in [7, 11) is 1.25. The van der Waals surface area contributed by atoms with Crippen LogP contribution < -0.4 is 14.4 Å². The highest BCUT2D eigenvalue weighted by Crippen LogP contribution is 2.55. The molecule has 0 radical (unpaired) electrons. The van der Waals surface area contributed by atoms with E-state index in [2.05, 4.69) is 35.8 Å². The Morgan fingerprint density at radius 2 is 1.77 bits per heavy atom. The quantitative estimate of drug-likeness (QED) is 0.265. The number of methoxy groups -OCH3 is 2. The lowest BCUT2D eigenvalue weighted by Gasteiger charge is -2.35. The van der Waals surface area contributed by atoms with Gasteiger partial charge in [0.1, 0.15) is 24.2 Å². The molecule has 5 rings (SSSR count). The Morgan fingerprint density at radius 1 is 1.10 bits per heavy atom. The molecule has 1 saturated carbocycles. The summed E-state index contributed by atoms with van der Waals surface area (Å²) in [6.45, 7) is 7.47. The number of rotatable bonds is 9. The first kappa shape index (κ1) is 27.7. The van der Waals surface area contributed by atoms with Gasteiger partial charge in [-0.05, 0) is 36.1 Å². The number of carbonyl (C=O) groups is 1. The molecule has 1 aromatic carbocycles. The zero-order valence-corrected chi connectivity index (χ0v) is 24.2. The average Bonchev–Trinajstić information content (AvgIpc) is 3.62. The number of benzene rings is 1. The Morgan fingerprint density at radius 3 is 2.35 bits per heavy atom. The third kappa shape index (κ3) is 4.73. The van der Waals surface area contributed by atoms with E-state index in [0.29, 0.717) is 42.0 Å². The summed E-state index contributed by atoms with van der Waals surface area (Å²) in [6, 6.07) is 6.07. The van der Waals surface area contributed by atoms with Crippen molar-refractivity contribution in [3.8, 4) is 29.0 Å². The molecule has 1 fully saturated rings. The Balaban J connectivity index is 1.52. The van der Waals surface area contributed by atoms with E-state index in [-0.39, 0.29) is 24.8 Å². The smallest absolute Gasteiger partial charge is 0.238 e. The molecule has 0 saturated heterocycles. The maximum atomic E-state index is 15.3. The van der Waals surface area contributed by atoms with Crippen molar-refractivity contribution in [2.45, 2.75) is 57.2 Å². The van der Waals surface area contributed by atoms with E-state index in [1.54, 1.807) is 16.9 Å². The van der Waals surface area contributed by atoms with Gasteiger partial charge >= 0.3 is 0 Å². The molecule has 3 aromatic rings. The summed E-state index contributed by atoms with van der Waals surface area (Å²) >= 11 is 0. The minimum atomic E-state index is -1.27. The Labute approximate surface area is 232 Å². The Kier molecular flexibility index (Phi) is 7.14. The fourth-order valence-electron chi connectivity index (χ4n) is 5.06. The van der Waals surface area contributed by atoms with Gasteiger partial charge in [-0.15, -0.1) is 0 Å². The highest BCUT2D eigenvalue weighted by Gasteiger charge is 2.57. The van der Waals surface area contributed by atoms with Gasteiger partial charge in [-0.3, -0.25) is 9.78 Å². The van der Waals surface area contributed by atoms with Crippen LogP contribution in [0.25, 0.3) is 11.4 Å². The zero-order valence-electron chi connectivity index (χ0n) is 23.2. The molecule has 0 unspecified atom stereocenters. The minimum Gasteiger partial charge on any atom is -0.493 e. The van der Waals surface area contributed by atoms with Crippen LogP contribution in [0.1, 0.15) is 29.5 Å². The fourth-order valence-corrected chi connectivity index (χ4v) is 5.82. The Bertz CT molecular complexity index is 1500. The van der Waals surface area contributed by atoms with Crippen molar-refractivity contribution < 1.29 is 27.8 Å². The predicted octanol–water partition coefficient (Wildman–Crippen LogP) is 5.00. The summed E-state index contributed by atoms with van der Waals surface area (Å²) in [5, 5.41) is 14.1.